The van der Waals surface area contributed by atoms with Crippen molar-refractivity contribution >= 4 is 16.9 Å². The van der Waals surface area contributed by atoms with E-state index in [0.717, 1.165) is 23.1 Å². The number of pyridine rings is 1. The van der Waals surface area contributed by atoms with Crippen molar-refractivity contribution in [3.05, 3.63) is 51.4 Å². The van der Waals surface area contributed by atoms with Gasteiger partial charge < -0.3 is 25.1 Å². The largest absolute Gasteiger partial charge is 0.506 e. The molecule has 2 heterocycles. The summed E-state index contributed by atoms with van der Waals surface area (Å²) in [5.41, 5.74) is 2.49. The Bertz CT molecular complexity index is 1170. The van der Waals surface area contributed by atoms with Gasteiger partial charge in [-0.05, 0) is 50.5 Å². The van der Waals surface area contributed by atoms with E-state index < -0.39 is 22.8 Å². The topological polar surface area (TPSA) is 107 Å². The van der Waals surface area contributed by atoms with Crippen LogP contribution in [0.15, 0.2) is 29.1 Å². The van der Waals surface area contributed by atoms with Gasteiger partial charge in [0.15, 0.2) is 5.56 Å². The number of benzene rings is 1. The second-order valence-electron chi connectivity index (χ2n) is 7.87. The van der Waals surface area contributed by atoms with Crippen molar-refractivity contribution in [2.24, 2.45) is 7.05 Å². The summed E-state index contributed by atoms with van der Waals surface area (Å²) in [6.45, 7) is 4.59. The molecule has 0 bridgehead atoms. The first-order valence-corrected chi connectivity index (χ1v) is 9.23. The number of fused-ring (bicyclic) bond motifs is 1. The molecule has 0 spiro atoms. The van der Waals surface area contributed by atoms with E-state index in [4.69, 9.17) is 5.11 Å². The third kappa shape index (κ3) is 2.97. The van der Waals surface area contributed by atoms with Gasteiger partial charge in [0.25, 0.3) is 5.56 Å². The average molecular weight is 381 g/mol. The molecule has 1 fully saturated rings. The Kier molecular flexibility index (Phi) is 4.08. The number of nitrogens with one attached hydrogen (secondary N) is 2. The third-order valence-electron chi connectivity index (χ3n) is 5.77. The predicted octanol–water partition coefficient (Wildman–Crippen LogP) is 2.89. The summed E-state index contributed by atoms with van der Waals surface area (Å²) >= 11 is 0. The van der Waals surface area contributed by atoms with Crippen LogP contribution in [0.25, 0.3) is 22.2 Å². The Balaban J connectivity index is 1.76. The molecule has 1 aliphatic rings. The fourth-order valence-corrected chi connectivity index (χ4v) is 3.57. The summed E-state index contributed by atoms with van der Waals surface area (Å²) in [5.74, 6) is -1.95. The third-order valence-corrected chi connectivity index (χ3v) is 5.77. The molecule has 7 heteroatoms. The Morgan fingerprint density at radius 1 is 1.32 bits per heavy atom. The molecule has 0 atom stereocenters. The minimum absolute atomic E-state index is 0.252. The summed E-state index contributed by atoms with van der Waals surface area (Å²) in [6, 6.07) is 7.87. The summed E-state index contributed by atoms with van der Waals surface area (Å²) in [4.78, 5) is 25.9. The molecule has 3 aromatic rings. The van der Waals surface area contributed by atoms with E-state index in [9.17, 15) is 14.7 Å². The van der Waals surface area contributed by atoms with Crippen LogP contribution in [-0.2, 0) is 13.6 Å². The molecular formula is C21H23N3O4. The number of aromatic amines is 1. The number of hydrogen-bond acceptors (Lipinski definition) is 4. The summed E-state index contributed by atoms with van der Waals surface area (Å²) in [5, 5.41) is 23.9. The van der Waals surface area contributed by atoms with Gasteiger partial charge in [-0.15, -0.1) is 0 Å². The van der Waals surface area contributed by atoms with Crippen molar-refractivity contribution < 1.29 is 15.0 Å². The van der Waals surface area contributed by atoms with Gasteiger partial charge in [0.1, 0.15) is 5.75 Å². The molecule has 2 aromatic heterocycles. The van der Waals surface area contributed by atoms with Crippen molar-refractivity contribution in [1.82, 2.24) is 14.9 Å². The molecule has 0 unspecified atom stereocenters. The number of H-pyrrole nitrogens is 1. The fraction of sp³-hybridized carbons (Fsp3) is 0.333. The van der Waals surface area contributed by atoms with E-state index in [1.807, 2.05) is 25.2 Å². The van der Waals surface area contributed by atoms with Gasteiger partial charge in [-0.1, -0.05) is 6.07 Å². The Morgan fingerprint density at radius 2 is 2.04 bits per heavy atom. The quantitative estimate of drug-likeness (QED) is 0.544. The lowest BCUT2D eigenvalue weighted by Gasteiger charge is -2.12. The van der Waals surface area contributed by atoms with Crippen LogP contribution in [0.5, 0.6) is 5.75 Å². The van der Waals surface area contributed by atoms with Crippen molar-refractivity contribution in [3.63, 3.8) is 0 Å². The molecule has 0 aliphatic heterocycles. The van der Waals surface area contributed by atoms with Crippen LogP contribution in [0.2, 0.25) is 0 Å². The average Bonchev–Trinajstić information content (AvgIpc) is 3.29. The van der Waals surface area contributed by atoms with Crippen LogP contribution < -0.4 is 10.9 Å². The number of carboxylic acids is 1. The lowest BCUT2D eigenvalue weighted by atomic mass is 10.0. The lowest BCUT2D eigenvalue weighted by Crippen LogP contribution is -2.27. The maximum atomic E-state index is 12.1. The maximum Gasteiger partial charge on any atom is 0.345 e. The molecule has 1 saturated carbocycles. The molecule has 28 heavy (non-hydrogen) atoms. The van der Waals surface area contributed by atoms with Gasteiger partial charge in [-0.2, -0.15) is 0 Å². The molecule has 1 aliphatic carbocycles. The summed E-state index contributed by atoms with van der Waals surface area (Å²) in [6.07, 6.45) is 2.40. The number of aromatic nitrogens is 2. The predicted molar refractivity (Wildman–Crippen MR) is 107 cm³/mol. The number of hydrogen-bond donors (Lipinski definition) is 4. The van der Waals surface area contributed by atoms with Gasteiger partial charge in [0.05, 0.1) is 5.69 Å². The standard InChI is InChI=1S/C21H23N3O4/c1-11-17(23-19(26)16(18(11)25)20(27)28)12-4-5-15-13(8-12)9-14(24(15)3)10-22-21(2)6-7-21/h4-5,8-9,22H,6-7,10H2,1-3H3,(H,27,28)(H2,23,25,26). The Labute approximate surface area is 161 Å². The minimum Gasteiger partial charge on any atom is -0.506 e. The van der Waals surface area contributed by atoms with Gasteiger partial charge in [-0.3, -0.25) is 4.79 Å². The van der Waals surface area contributed by atoms with Gasteiger partial charge in [-0.25, -0.2) is 4.79 Å². The second-order valence-corrected chi connectivity index (χ2v) is 7.87. The molecule has 146 valence electrons. The SMILES string of the molecule is Cc1c(-c2ccc3c(c2)cc(CNC2(C)CC2)n3C)[nH]c(=O)c(C(=O)O)c1O. The first-order valence-electron chi connectivity index (χ1n) is 9.23. The number of aryl methyl sites for hydroxylation is 1. The van der Waals surface area contributed by atoms with E-state index >= 15 is 0 Å². The van der Waals surface area contributed by atoms with Crippen LogP contribution >= 0.6 is 0 Å². The number of carbonyl (C=O) groups is 1. The molecule has 4 N–H and O–H groups in total. The minimum atomic E-state index is -1.45. The monoisotopic (exact) mass is 381 g/mol. The first kappa shape index (κ1) is 18.3. The molecule has 1 aromatic carbocycles. The lowest BCUT2D eigenvalue weighted by molar-refractivity contribution is 0.0691. The van der Waals surface area contributed by atoms with Crippen molar-refractivity contribution in [3.8, 4) is 17.0 Å². The number of aromatic carboxylic acids is 1. The van der Waals surface area contributed by atoms with Crippen molar-refractivity contribution in [2.45, 2.75) is 38.8 Å². The molecule has 0 saturated heterocycles. The highest BCUT2D eigenvalue weighted by molar-refractivity contribution is 5.92. The smallest absolute Gasteiger partial charge is 0.345 e. The zero-order chi connectivity index (χ0) is 20.2. The molecule has 0 radical (unpaired) electrons. The molecular weight excluding hydrogens is 358 g/mol. The zero-order valence-electron chi connectivity index (χ0n) is 16.1. The van der Waals surface area contributed by atoms with Crippen LogP contribution in [0.3, 0.4) is 0 Å². The van der Waals surface area contributed by atoms with Gasteiger partial charge in [0.2, 0.25) is 0 Å². The van der Waals surface area contributed by atoms with Crippen molar-refractivity contribution in [2.75, 3.05) is 0 Å². The number of aromatic hydroxyl groups is 1. The summed E-state index contributed by atoms with van der Waals surface area (Å²) < 4.78 is 2.14. The highest BCUT2D eigenvalue weighted by Crippen LogP contribution is 2.35. The number of rotatable bonds is 5. The van der Waals surface area contributed by atoms with E-state index in [2.05, 4.69) is 27.9 Å². The van der Waals surface area contributed by atoms with Gasteiger partial charge in [0, 0.05) is 41.3 Å². The van der Waals surface area contributed by atoms with Gasteiger partial charge >= 0.3 is 5.97 Å². The molecule has 7 nitrogen and oxygen atoms in total. The maximum absolute atomic E-state index is 12.1. The van der Waals surface area contributed by atoms with E-state index in [1.165, 1.54) is 12.8 Å². The van der Waals surface area contributed by atoms with E-state index in [0.29, 0.717) is 16.8 Å². The van der Waals surface area contributed by atoms with Crippen LogP contribution in [0.1, 0.15) is 41.4 Å². The van der Waals surface area contributed by atoms with Crippen LogP contribution in [0.4, 0.5) is 0 Å². The normalized spacial score (nSPS) is 15.1. The fourth-order valence-electron chi connectivity index (χ4n) is 3.57. The zero-order valence-corrected chi connectivity index (χ0v) is 16.1. The van der Waals surface area contributed by atoms with E-state index in [1.54, 1.807) is 6.92 Å². The van der Waals surface area contributed by atoms with Crippen LogP contribution in [-0.4, -0.2) is 31.3 Å². The number of carboxylic acid groups (broad SMARTS) is 1. The van der Waals surface area contributed by atoms with Crippen molar-refractivity contribution in [1.29, 1.82) is 0 Å². The summed E-state index contributed by atoms with van der Waals surface area (Å²) in [7, 11) is 2.02. The first-order chi connectivity index (χ1) is 13.2. The number of nitrogens with zero attached hydrogens (tertiary/aromatic N) is 1. The second kappa shape index (κ2) is 6.24. The van der Waals surface area contributed by atoms with E-state index in [-0.39, 0.29) is 5.54 Å². The highest BCUT2D eigenvalue weighted by atomic mass is 16.4. The Hall–Kier alpha value is -3.06. The molecule has 4 rings (SSSR count). The Morgan fingerprint density at radius 3 is 2.68 bits per heavy atom. The molecule has 0 amide bonds. The highest BCUT2D eigenvalue weighted by Gasteiger charge is 2.36. The van der Waals surface area contributed by atoms with Crippen LogP contribution in [0, 0.1) is 6.92 Å².